The van der Waals surface area contributed by atoms with E-state index in [4.69, 9.17) is 0 Å². The predicted octanol–water partition coefficient (Wildman–Crippen LogP) is 2.78. The quantitative estimate of drug-likeness (QED) is 0.755. The number of aryl methyl sites for hydroxylation is 1. The van der Waals surface area contributed by atoms with Gasteiger partial charge in [0.15, 0.2) is 0 Å². The van der Waals surface area contributed by atoms with E-state index in [1.807, 2.05) is 6.07 Å². The van der Waals surface area contributed by atoms with Gasteiger partial charge in [-0.2, -0.15) is 0 Å². The van der Waals surface area contributed by atoms with E-state index in [1.54, 1.807) is 4.90 Å². The first-order valence-electron chi connectivity index (χ1n) is 11.3. The van der Waals surface area contributed by atoms with Crippen molar-refractivity contribution in [1.82, 2.24) is 15.1 Å². The van der Waals surface area contributed by atoms with Crippen molar-refractivity contribution < 1.29 is 14.4 Å². The van der Waals surface area contributed by atoms with Crippen molar-refractivity contribution in [2.24, 2.45) is 11.3 Å². The van der Waals surface area contributed by atoms with Crippen LogP contribution in [0.2, 0.25) is 0 Å². The SMILES string of the molecule is Cc1cccc(N2CCN(C(=O)CN3C(=O)N[C@@]4(C[C@@H](C)CC(C)(C)C4)C3=O)CC2)c1. The first-order valence-corrected chi connectivity index (χ1v) is 11.3. The Balaban J connectivity index is 1.38. The number of nitrogens with one attached hydrogen (secondary N) is 1. The Bertz CT molecular complexity index is 891. The van der Waals surface area contributed by atoms with Crippen molar-refractivity contribution >= 4 is 23.5 Å². The number of amides is 4. The minimum atomic E-state index is -0.859. The van der Waals surface area contributed by atoms with Crippen molar-refractivity contribution in [2.45, 2.75) is 52.5 Å². The zero-order valence-corrected chi connectivity index (χ0v) is 19.1. The van der Waals surface area contributed by atoms with E-state index in [1.165, 1.54) is 5.56 Å². The number of nitrogens with zero attached hydrogens (tertiary/aromatic N) is 3. The lowest BCUT2D eigenvalue weighted by atomic mass is 9.64. The Labute approximate surface area is 184 Å². The first-order chi connectivity index (χ1) is 14.6. The molecule has 1 saturated carbocycles. The lowest BCUT2D eigenvalue weighted by molar-refractivity contribution is -0.140. The highest BCUT2D eigenvalue weighted by molar-refractivity contribution is 6.09. The van der Waals surface area contributed by atoms with E-state index >= 15 is 0 Å². The van der Waals surface area contributed by atoms with E-state index in [0.717, 1.165) is 30.1 Å². The molecule has 7 nitrogen and oxygen atoms in total. The van der Waals surface area contributed by atoms with Crippen LogP contribution in [-0.2, 0) is 9.59 Å². The van der Waals surface area contributed by atoms with Crippen LogP contribution in [-0.4, -0.2) is 65.9 Å². The second-order valence-corrected chi connectivity index (χ2v) is 10.5. The van der Waals surface area contributed by atoms with E-state index < -0.39 is 11.6 Å². The molecule has 0 aromatic heterocycles. The predicted molar refractivity (Wildman–Crippen MR) is 120 cm³/mol. The lowest BCUT2D eigenvalue weighted by Crippen LogP contribution is -2.55. The van der Waals surface area contributed by atoms with Crippen molar-refractivity contribution in [2.75, 3.05) is 37.6 Å². The standard InChI is InChI=1S/C24H34N4O3/c1-17-6-5-7-19(12-17)26-8-10-27(11-9-26)20(29)15-28-21(30)24(25-22(28)31)14-18(2)13-23(3,4)16-24/h5-7,12,18H,8-11,13-16H2,1-4H3,(H,25,31)/t18-,24+/m0/s1. The summed E-state index contributed by atoms with van der Waals surface area (Å²) in [4.78, 5) is 44.1. The molecule has 1 N–H and O–H groups in total. The molecular formula is C24H34N4O3. The molecule has 3 fully saturated rings. The Kier molecular flexibility index (Phi) is 5.48. The smallest absolute Gasteiger partial charge is 0.325 e. The lowest BCUT2D eigenvalue weighted by Gasteiger charge is -2.43. The number of anilines is 1. The molecule has 1 aliphatic carbocycles. The molecule has 0 unspecified atom stereocenters. The number of carbonyl (C=O) groups is 3. The molecule has 4 amide bonds. The fourth-order valence-corrected chi connectivity index (χ4v) is 5.92. The largest absolute Gasteiger partial charge is 0.368 e. The monoisotopic (exact) mass is 426 g/mol. The van der Waals surface area contributed by atoms with Crippen LogP contribution in [0, 0.1) is 18.3 Å². The minimum Gasteiger partial charge on any atom is -0.368 e. The van der Waals surface area contributed by atoms with Crippen molar-refractivity contribution in [3.8, 4) is 0 Å². The summed E-state index contributed by atoms with van der Waals surface area (Å²) in [6.45, 7) is 11.0. The minimum absolute atomic E-state index is 0.0211. The highest BCUT2D eigenvalue weighted by atomic mass is 16.2. The van der Waals surface area contributed by atoms with Gasteiger partial charge in [-0.15, -0.1) is 0 Å². The van der Waals surface area contributed by atoms with Crippen LogP contribution in [0.3, 0.4) is 0 Å². The molecule has 2 saturated heterocycles. The van der Waals surface area contributed by atoms with Crippen molar-refractivity contribution in [3.05, 3.63) is 29.8 Å². The number of hydrogen-bond acceptors (Lipinski definition) is 4. The van der Waals surface area contributed by atoms with Gasteiger partial charge in [0.25, 0.3) is 5.91 Å². The number of carbonyl (C=O) groups excluding carboxylic acids is 3. The van der Waals surface area contributed by atoms with Crippen LogP contribution in [0.4, 0.5) is 10.5 Å². The third kappa shape index (κ3) is 4.27. The molecule has 2 atom stereocenters. The summed E-state index contributed by atoms with van der Waals surface area (Å²) in [5, 5.41) is 2.96. The normalized spacial score (nSPS) is 28.3. The van der Waals surface area contributed by atoms with Gasteiger partial charge in [-0.3, -0.25) is 14.5 Å². The number of hydrogen-bond donors (Lipinski definition) is 1. The Morgan fingerprint density at radius 3 is 2.48 bits per heavy atom. The van der Waals surface area contributed by atoms with Crippen molar-refractivity contribution in [3.63, 3.8) is 0 Å². The fraction of sp³-hybridized carbons (Fsp3) is 0.625. The maximum Gasteiger partial charge on any atom is 0.325 e. The molecule has 1 aromatic rings. The van der Waals surface area contributed by atoms with Crippen LogP contribution < -0.4 is 10.2 Å². The molecule has 2 heterocycles. The Morgan fingerprint density at radius 1 is 1.13 bits per heavy atom. The third-order valence-corrected chi connectivity index (χ3v) is 6.92. The summed E-state index contributed by atoms with van der Waals surface area (Å²) < 4.78 is 0. The zero-order valence-electron chi connectivity index (χ0n) is 19.1. The summed E-state index contributed by atoms with van der Waals surface area (Å²) in [6.07, 6.45) is 2.29. The van der Waals surface area contributed by atoms with Gasteiger partial charge in [-0.25, -0.2) is 4.79 Å². The van der Waals surface area contributed by atoms with E-state index in [0.29, 0.717) is 31.8 Å². The van der Waals surface area contributed by atoms with Crippen LogP contribution in [0.5, 0.6) is 0 Å². The number of piperazine rings is 1. The van der Waals surface area contributed by atoms with Gasteiger partial charge >= 0.3 is 6.03 Å². The van der Waals surface area contributed by atoms with Crippen LogP contribution >= 0.6 is 0 Å². The number of rotatable bonds is 3. The highest BCUT2D eigenvalue weighted by Gasteiger charge is 2.56. The van der Waals surface area contributed by atoms with Crippen molar-refractivity contribution in [1.29, 1.82) is 0 Å². The summed E-state index contributed by atoms with van der Waals surface area (Å²) in [7, 11) is 0. The molecule has 0 bridgehead atoms. The van der Waals surface area contributed by atoms with Gasteiger partial charge in [0.05, 0.1) is 0 Å². The molecular weight excluding hydrogens is 392 g/mol. The maximum absolute atomic E-state index is 13.3. The highest BCUT2D eigenvalue weighted by Crippen LogP contribution is 2.46. The van der Waals surface area contributed by atoms with Gasteiger partial charge in [0.1, 0.15) is 12.1 Å². The summed E-state index contributed by atoms with van der Waals surface area (Å²) in [6, 6.07) is 7.92. The summed E-state index contributed by atoms with van der Waals surface area (Å²) >= 11 is 0. The molecule has 31 heavy (non-hydrogen) atoms. The molecule has 168 valence electrons. The van der Waals surface area contributed by atoms with Crippen LogP contribution in [0.1, 0.15) is 45.6 Å². The maximum atomic E-state index is 13.3. The fourth-order valence-electron chi connectivity index (χ4n) is 5.92. The van der Waals surface area contributed by atoms with Crippen LogP contribution in [0.15, 0.2) is 24.3 Å². The Morgan fingerprint density at radius 2 is 1.84 bits per heavy atom. The van der Waals surface area contributed by atoms with Gasteiger partial charge in [0, 0.05) is 31.9 Å². The summed E-state index contributed by atoms with van der Waals surface area (Å²) in [5.74, 6) is -0.0465. The molecule has 0 radical (unpaired) electrons. The molecule has 7 heteroatoms. The Hall–Kier alpha value is -2.57. The molecule has 1 aromatic carbocycles. The molecule has 4 rings (SSSR count). The second-order valence-electron chi connectivity index (χ2n) is 10.5. The molecule has 3 aliphatic rings. The van der Waals surface area contributed by atoms with E-state index in [2.05, 4.69) is 56.1 Å². The number of imide groups is 1. The van der Waals surface area contributed by atoms with Gasteiger partial charge in [-0.1, -0.05) is 32.9 Å². The van der Waals surface area contributed by atoms with Gasteiger partial charge < -0.3 is 15.1 Å². The zero-order chi connectivity index (χ0) is 22.4. The topological polar surface area (TPSA) is 73.0 Å². The summed E-state index contributed by atoms with van der Waals surface area (Å²) in [5.41, 5.74) is 1.50. The van der Waals surface area contributed by atoms with E-state index in [-0.39, 0.29) is 23.8 Å². The van der Waals surface area contributed by atoms with Gasteiger partial charge in [-0.05, 0) is 55.2 Å². The number of urea groups is 1. The third-order valence-electron chi connectivity index (χ3n) is 6.92. The molecule has 2 aliphatic heterocycles. The average molecular weight is 427 g/mol. The first kappa shape index (κ1) is 21.7. The number of benzene rings is 1. The van der Waals surface area contributed by atoms with Gasteiger partial charge in [0.2, 0.25) is 5.91 Å². The average Bonchev–Trinajstić information content (AvgIpc) is 2.89. The van der Waals surface area contributed by atoms with E-state index in [9.17, 15) is 14.4 Å². The molecule has 1 spiro atoms. The van der Waals surface area contributed by atoms with Crippen LogP contribution in [0.25, 0.3) is 0 Å². The second kappa shape index (κ2) is 7.84.